The number of nitrogens with two attached hydrogens (primary N) is 1. The van der Waals surface area contributed by atoms with Crippen LogP contribution in [0, 0.1) is 13.8 Å². The Morgan fingerprint density at radius 1 is 1.50 bits per heavy atom. The van der Waals surface area contributed by atoms with Crippen LogP contribution in [0.2, 0.25) is 0 Å². The minimum Gasteiger partial charge on any atom is -0.366 e. The molecule has 1 unspecified atom stereocenters. The van der Waals surface area contributed by atoms with Gasteiger partial charge in [0.2, 0.25) is 0 Å². The van der Waals surface area contributed by atoms with Crippen LogP contribution in [0.3, 0.4) is 0 Å². The Labute approximate surface area is 85.0 Å². The summed E-state index contributed by atoms with van der Waals surface area (Å²) < 4.78 is 0. The lowest BCUT2D eigenvalue weighted by Gasteiger charge is -2.14. The van der Waals surface area contributed by atoms with Crippen molar-refractivity contribution in [3.8, 4) is 0 Å². The molecular weight excluding hydrogens is 176 g/mol. The van der Waals surface area contributed by atoms with Crippen molar-refractivity contribution in [2.45, 2.75) is 33.2 Å². The molecule has 0 aromatic carbocycles. The van der Waals surface area contributed by atoms with Crippen molar-refractivity contribution < 1.29 is 0 Å². The molecule has 4 heteroatoms. The molecule has 1 atom stereocenters. The first-order valence-corrected chi connectivity index (χ1v) is 4.90. The van der Waals surface area contributed by atoms with Gasteiger partial charge in [0.1, 0.15) is 5.82 Å². The lowest BCUT2D eigenvalue weighted by molar-refractivity contribution is 0.711. The predicted molar refractivity (Wildman–Crippen MR) is 58.3 cm³/mol. The number of hydrogen-bond acceptors (Lipinski definition) is 4. The number of anilines is 1. The van der Waals surface area contributed by atoms with Gasteiger partial charge in [-0.05, 0) is 33.7 Å². The molecule has 0 spiro atoms. The van der Waals surface area contributed by atoms with E-state index in [1.165, 1.54) is 0 Å². The molecule has 1 rings (SSSR count). The fourth-order valence-electron chi connectivity index (χ4n) is 1.23. The maximum atomic E-state index is 5.48. The molecule has 0 fully saturated rings. The molecule has 1 aromatic heterocycles. The highest BCUT2D eigenvalue weighted by Crippen LogP contribution is 2.10. The van der Waals surface area contributed by atoms with Crippen LogP contribution in [0.25, 0.3) is 0 Å². The highest BCUT2D eigenvalue weighted by atomic mass is 15.0. The third-order valence-electron chi connectivity index (χ3n) is 2.06. The zero-order chi connectivity index (χ0) is 10.6. The summed E-state index contributed by atoms with van der Waals surface area (Å²) in [7, 11) is 0. The predicted octanol–water partition coefficient (Wildman–Crippen LogP) is 1.24. The number of nitrogens with one attached hydrogen (secondary N) is 1. The largest absolute Gasteiger partial charge is 0.366 e. The number of hydrogen-bond donors (Lipinski definition) is 2. The van der Waals surface area contributed by atoms with Crippen molar-refractivity contribution in [1.82, 2.24) is 9.97 Å². The van der Waals surface area contributed by atoms with Crippen LogP contribution in [-0.2, 0) is 0 Å². The Morgan fingerprint density at radius 2 is 2.21 bits per heavy atom. The first-order chi connectivity index (χ1) is 6.63. The Morgan fingerprint density at radius 3 is 2.86 bits per heavy atom. The van der Waals surface area contributed by atoms with Crippen LogP contribution in [0.5, 0.6) is 0 Å². The monoisotopic (exact) mass is 194 g/mol. The molecule has 1 heterocycles. The van der Waals surface area contributed by atoms with E-state index in [0.717, 1.165) is 23.6 Å². The van der Waals surface area contributed by atoms with E-state index in [4.69, 9.17) is 5.73 Å². The molecule has 1 aromatic rings. The van der Waals surface area contributed by atoms with Crippen LogP contribution in [0.4, 0.5) is 5.82 Å². The van der Waals surface area contributed by atoms with Crippen molar-refractivity contribution in [1.29, 1.82) is 0 Å². The maximum absolute atomic E-state index is 5.48. The summed E-state index contributed by atoms with van der Waals surface area (Å²) >= 11 is 0. The first kappa shape index (κ1) is 10.9. The van der Waals surface area contributed by atoms with Gasteiger partial charge >= 0.3 is 0 Å². The Balaban J connectivity index is 2.70. The summed E-state index contributed by atoms with van der Waals surface area (Å²) in [4.78, 5) is 8.62. The van der Waals surface area contributed by atoms with Crippen molar-refractivity contribution in [3.05, 3.63) is 17.6 Å². The van der Waals surface area contributed by atoms with Gasteiger partial charge in [-0.2, -0.15) is 0 Å². The van der Waals surface area contributed by atoms with E-state index in [1.54, 1.807) is 6.20 Å². The third kappa shape index (κ3) is 2.96. The van der Waals surface area contributed by atoms with E-state index in [1.807, 2.05) is 13.8 Å². The summed E-state index contributed by atoms with van der Waals surface area (Å²) in [6, 6.07) is 0.342. The SMILES string of the molecule is Cc1cnc(C)c(NC(C)CCN)n1. The Kier molecular flexibility index (Phi) is 3.83. The molecule has 0 amide bonds. The van der Waals surface area contributed by atoms with E-state index in [-0.39, 0.29) is 0 Å². The molecule has 0 saturated carbocycles. The lowest BCUT2D eigenvalue weighted by atomic mass is 10.2. The van der Waals surface area contributed by atoms with Gasteiger partial charge in [0.15, 0.2) is 0 Å². The molecule has 78 valence electrons. The second kappa shape index (κ2) is 4.91. The fourth-order valence-corrected chi connectivity index (χ4v) is 1.23. The summed E-state index contributed by atoms with van der Waals surface area (Å²) in [6.07, 6.45) is 2.71. The lowest BCUT2D eigenvalue weighted by Crippen LogP contribution is -2.21. The van der Waals surface area contributed by atoms with Crippen LogP contribution in [0.1, 0.15) is 24.7 Å². The van der Waals surface area contributed by atoms with Crippen LogP contribution >= 0.6 is 0 Å². The van der Waals surface area contributed by atoms with Gasteiger partial charge < -0.3 is 11.1 Å². The van der Waals surface area contributed by atoms with Crippen molar-refractivity contribution in [2.24, 2.45) is 5.73 Å². The van der Waals surface area contributed by atoms with Gasteiger partial charge in [0, 0.05) is 12.2 Å². The minimum atomic E-state index is 0.342. The van der Waals surface area contributed by atoms with E-state index >= 15 is 0 Å². The maximum Gasteiger partial charge on any atom is 0.147 e. The molecule has 0 aliphatic carbocycles. The van der Waals surface area contributed by atoms with Gasteiger partial charge in [0.25, 0.3) is 0 Å². The molecule has 0 saturated heterocycles. The highest BCUT2D eigenvalue weighted by Gasteiger charge is 2.05. The quantitative estimate of drug-likeness (QED) is 0.757. The average Bonchev–Trinajstić information content (AvgIpc) is 2.12. The molecule has 4 nitrogen and oxygen atoms in total. The van der Waals surface area contributed by atoms with E-state index in [2.05, 4.69) is 22.2 Å². The molecule has 0 aliphatic rings. The average molecular weight is 194 g/mol. The van der Waals surface area contributed by atoms with Crippen molar-refractivity contribution in [2.75, 3.05) is 11.9 Å². The summed E-state index contributed by atoms with van der Waals surface area (Å²) in [5.74, 6) is 0.867. The van der Waals surface area contributed by atoms with Crippen molar-refractivity contribution >= 4 is 5.82 Å². The van der Waals surface area contributed by atoms with Crippen molar-refractivity contribution in [3.63, 3.8) is 0 Å². The number of rotatable bonds is 4. The van der Waals surface area contributed by atoms with Gasteiger partial charge in [-0.3, -0.25) is 4.98 Å². The van der Waals surface area contributed by atoms with Crippen LogP contribution < -0.4 is 11.1 Å². The topological polar surface area (TPSA) is 63.8 Å². The molecule has 0 radical (unpaired) electrons. The Hall–Kier alpha value is -1.16. The van der Waals surface area contributed by atoms with Crippen LogP contribution in [-0.4, -0.2) is 22.6 Å². The van der Waals surface area contributed by atoms with E-state index in [0.29, 0.717) is 12.6 Å². The van der Waals surface area contributed by atoms with Gasteiger partial charge in [-0.15, -0.1) is 0 Å². The van der Waals surface area contributed by atoms with E-state index in [9.17, 15) is 0 Å². The van der Waals surface area contributed by atoms with Gasteiger partial charge in [0.05, 0.1) is 11.4 Å². The van der Waals surface area contributed by atoms with Gasteiger partial charge in [-0.1, -0.05) is 0 Å². The molecule has 0 bridgehead atoms. The van der Waals surface area contributed by atoms with Crippen LogP contribution in [0.15, 0.2) is 6.20 Å². The zero-order valence-electron chi connectivity index (χ0n) is 9.04. The van der Waals surface area contributed by atoms with E-state index < -0.39 is 0 Å². The Bertz CT molecular complexity index is 298. The fraction of sp³-hybridized carbons (Fsp3) is 0.600. The summed E-state index contributed by atoms with van der Waals surface area (Å²) in [6.45, 7) is 6.66. The second-order valence-corrected chi connectivity index (χ2v) is 3.57. The first-order valence-electron chi connectivity index (χ1n) is 4.90. The molecule has 3 N–H and O–H groups in total. The third-order valence-corrected chi connectivity index (χ3v) is 2.06. The second-order valence-electron chi connectivity index (χ2n) is 3.57. The minimum absolute atomic E-state index is 0.342. The number of nitrogens with zero attached hydrogens (tertiary/aromatic N) is 2. The normalized spacial score (nSPS) is 12.6. The zero-order valence-corrected chi connectivity index (χ0v) is 9.04. The molecular formula is C10H18N4. The summed E-state index contributed by atoms with van der Waals surface area (Å²) in [5, 5.41) is 3.30. The standard InChI is InChI=1S/C10H18N4/c1-7(4-5-11)13-10-9(3)12-6-8(2)14-10/h6-7H,4-5,11H2,1-3H3,(H,13,14). The number of aryl methyl sites for hydroxylation is 2. The molecule has 14 heavy (non-hydrogen) atoms. The smallest absolute Gasteiger partial charge is 0.147 e. The number of aromatic nitrogens is 2. The molecule has 0 aliphatic heterocycles. The summed E-state index contributed by atoms with van der Waals surface area (Å²) in [5.41, 5.74) is 7.33. The van der Waals surface area contributed by atoms with Gasteiger partial charge in [-0.25, -0.2) is 4.98 Å². The highest BCUT2D eigenvalue weighted by molar-refractivity contribution is 5.40.